The molecule has 4 nitrogen and oxygen atoms in total. The van der Waals surface area contributed by atoms with Gasteiger partial charge in [0.15, 0.2) is 0 Å². The highest BCUT2D eigenvalue weighted by atomic mass is 16.5. The van der Waals surface area contributed by atoms with Crippen molar-refractivity contribution in [2.75, 3.05) is 12.4 Å². The van der Waals surface area contributed by atoms with E-state index in [1.165, 1.54) is 6.08 Å². The van der Waals surface area contributed by atoms with Gasteiger partial charge in [0, 0.05) is 17.8 Å². The third-order valence-corrected chi connectivity index (χ3v) is 3.42. The Morgan fingerprint density at radius 3 is 2.47 bits per heavy atom. The van der Waals surface area contributed by atoms with Gasteiger partial charge in [-0.2, -0.15) is 0 Å². The van der Waals surface area contributed by atoms with Crippen molar-refractivity contribution in [2.24, 2.45) is 0 Å². The molecule has 0 spiro atoms. The molecule has 0 heterocycles. The number of benzene rings is 1. The SMILES string of the molecule is COc1ccc(NC2CCC(=CC(=O)O)CC2)cc1. The summed E-state index contributed by atoms with van der Waals surface area (Å²) in [5, 5.41) is 12.2. The van der Waals surface area contributed by atoms with Gasteiger partial charge in [0.2, 0.25) is 0 Å². The predicted molar refractivity (Wildman–Crippen MR) is 74.6 cm³/mol. The first-order valence-corrected chi connectivity index (χ1v) is 6.50. The zero-order valence-electron chi connectivity index (χ0n) is 11.1. The van der Waals surface area contributed by atoms with Crippen molar-refractivity contribution in [1.29, 1.82) is 0 Å². The first-order chi connectivity index (χ1) is 9.17. The van der Waals surface area contributed by atoms with Gasteiger partial charge in [-0.3, -0.25) is 0 Å². The maximum absolute atomic E-state index is 10.6. The lowest BCUT2D eigenvalue weighted by Crippen LogP contribution is -2.23. The Kier molecular flexibility index (Phi) is 4.44. The van der Waals surface area contributed by atoms with Crippen LogP contribution >= 0.6 is 0 Å². The molecule has 0 saturated heterocycles. The zero-order chi connectivity index (χ0) is 13.7. The maximum atomic E-state index is 10.6. The summed E-state index contributed by atoms with van der Waals surface area (Å²) in [6, 6.07) is 8.28. The van der Waals surface area contributed by atoms with Crippen LogP contribution in [-0.2, 0) is 4.79 Å². The van der Waals surface area contributed by atoms with Gasteiger partial charge >= 0.3 is 5.97 Å². The van der Waals surface area contributed by atoms with Crippen molar-refractivity contribution in [1.82, 2.24) is 0 Å². The van der Waals surface area contributed by atoms with Crippen molar-refractivity contribution >= 4 is 11.7 Å². The molecule has 102 valence electrons. The molecule has 1 fully saturated rings. The average molecular weight is 261 g/mol. The van der Waals surface area contributed by atoms with Crippen LogP contribution < -0.4 is 10.1 Å². The van der Waals surface area contributed by atoms with Crippen molar-refractivity contribution in [3.05, 3.63) is 35.9 Å². The molecule has 1 aromatic rings. The van der Waals surface area contributed by atoms with E-state index in [9.17, 15) is 4.79 Å². The molecule has 0 amide bonds. The summed E-state index contributed by atoms with van der Waals surface area (Å²) in [5.41, 5.74) is 2.12. The van der Waals surface area contributed by atoms with Crippen molar-refractivity contribution in [3.8, 4) is 5.75 Å². The molecule has 0 aliphatic heterocycles. The van der Waals surface area contributed by atoms with E-state index in [0.29, 0.717) is 6.04 Å². The van der Waals surface area contributed by atoms with Gasteiger partial charge in [-0.15, -0.1) is 0 Å². The molecule has 2 rings (SSSR count). The average Bonchev–Trinajstić information content (AvgIpc) is 2.41. The Bertz CT molecular complexity index is 455. The van der Waals surface area contributed by atoms with Gasteiger partial charge in [0.25, 0.3) is 0 Å². The minimum Gasteiger partial charge on any atom is -0.497 e. The molecule has 1 aliphatic rings. The molecule has 0 unspecified atom stereocenters. The zero-order valence-corrected chi connectivity index (χ0v) is 11.1. The van der Waals surface area contributed by atoms with Crippen molar-refractivity contribution < 1.29 is 14.6 Å². The summed E-state index contributed by atoms with van der Waals surface area (Å²) in [4.78, 5) is 10.6. The van der Waals surface area contributed by atoms with E-state index in [4.69, 9.17) is 9.84 Å². The highest BCUT2D eigenvalue weighted by Crippen LogP contribution is 2.26. The van der Waals surface area contributed by atoms with Crippen LogP contribution in [-0.4, -0.2) is 24.2 Å². The first-order valence-electron chi connectivity index (χ1n) is 6.50. The largest absolute Gasteiger partial charge is 0.497 e. The standard InChI is InChI=1S/C15H19NO3/c1-19-14-8-6-13(7-9-14)16-12-4-2-11(3-5-12)10-15(17)18/h6-10,12,16H,2-5H2,1H3,(H,17,18). The lowest BCUT2D eigenvalue weighted by atomic mass is 9.90. The maximum Gasteiger partial charge on any atom is 0.328 e. The van der Waals surface area contributed by atoms with Gasteiger partial charge in [0.05, 0.1) is 7.11 Å². The molecule has 4 heteroatoms. The lowest BCUT2D eigenvalue weighted by Gasteiger charge is -2.25. The number of methoxy groups -OCH3 is 1. The number of carboxylic acids is 1. The summed E-state index contributed by atoms with van der Waals surface area (Å²) in [6.45, 7) is 0. The topological polar surface area (TPSA) is 58.6 Å². The van der Waals surface area contributed by atoms with E-state index in [2.05, 4.69) is 5.32 Å². The molecule has 0 bridgehead atoms. The summed E-state index contributed by atoms with van der Waals surface area (Å²) in [5.74, 6) is 0.0115. The second kappa shape index (κ2) is 6.27. The van der Waals surface area contributed by atoms with Crippen LogP contribution in [0, 0.1) is 0 Å². The molecule has 0 atom stereocenters. The van der Waals surface area contributed by atoms with Crippen molar-refractivity contribution in [2.45, 2.75) is 31.7 Å². The number of anilines is 1. The molecular formula is C15H19NO3. The van der Waals surface area contributed by atoms with E-state index in [-0.39, 0.29) is 0 Å². The Morgan fingerprint density at radius 1 is 1.32 bits per heavy atom. The Hall–Kier alpha value is -1.97. The molecule has 1 aliphatic carbocycles. The Morgan fingerprint density at radius 2 is 1.95 bits per heavy atom. The highest BCUT2D eigenvalue weighted by molar-refractivity contribution is 5.80. The van der Waals surface area contributed by atoms with Crippen LogP contribution in [0.5, 0.6) is 5.75 Å². The second-order valence-electron chi connectivity index (χ2n) is 4.79. The quantitative estimate of drug-likeness (QED) is 0.818. The minimum absolute atomic E-state index is 0.416. The highest BCUT2D eigenvalue weighted by Gasteiger charge is 2.16. The Labute approximate surface area is 113 Å². The van der Waals surface area contributed by atoms with E-state index < -0.39 is 5.97 Å². The number of carboxylic acid groups (broad SMARTS) is 1. The normalized spacial score (nSPS) is 18.8. The van der Waals surface area contributed by atoms with Crippen LogP contribution in [0.3, 0.4) is 0 Å². The van der Waals surface area contributed by atoms with Crippen LogP contribution in [0.2, 0.25) is 0 Å². The molecule has 0 radical (unpaired) electrons. The fraction of sp³-hybridized carbons (Fsp3) is 0.400. The van der Waals surface area contributed by atoms with Gasteiger partial charge in [-0.25, -0.2) is 4.79 Å². The Balaban J connectivity index is 1.86. The summed E-state index contributed by atoms with van der Waals surface area (Å²) < 4.78 is 5.12. The number of aliphatic carboxylic acids is 1. The molecular weight excluding hydrogens is 242 g/mol. The van der Waals surface area contributed by atoms with E-state index in [1.807, 2.05) is 24.3 Å². The first kappa shape index (κ1) is 13.5. The van der Waals surface area contributed by atoms with Crippen LogP contribution in [0.1, 0.15) is 25.7 Å². The number of carbonyl (C=O) groups is 1. The van der Waals surface area contributed by atoms with Crippen LogP contribution in [0.25, 0.3) is 0 Å². The van der Waals surface area contributed by atoms with Crippen LogP contribution in [0.4, 0.5) is 5.69 Å². The van der Waals surface area contributed by atoms with E-state index in [1.54, 1.807) is 7.11 Å². The van der Waals surface area contributed by atoms with Gasteiger partial charge < -0.3 is 15.2 Å². The molecule has 1 aromatic carbocycles. The fourth-order valence-electron chi connectivity index (χ4n) is 2.37. The number of ether oxygens (including phenoxy) is 1. The minimum atomic E-state index is -0.837. The van der Waals surface area contributed by atoms with E-state index in [0.717, 1.165) is 42.7 Å². The third-order valence-electron chi connectivity index (χ3n) is 3.42. The molecule has 1 saturated carbocycles. The summed E-state index contributed by atoms with van der Waals surface area (Å²) in [7, 11) is 1.65. The number of allylic oxidation sites excluding steroid dienone is 1. The van der Waals surface area contributed by atoms with Gasteiger partial charge in [0.1, 0.15) is 5.75 Å². The van der Waals surface area contributed by atoms with E-state index >= 15 is 0 Å². The number of nitrogens with one attached hydrogen (secondary N) is 1. The lowest BCUT2D eigenvalue weighted by molar-refractivity contribution is -0.131. The van der Waals surface area contributed by atoms with Gasteiger partial charge in [-0.1, -0.05) is 5.57 Å². The fourth-order valence-corrected chi connectivity index (χ4v) is 2.37. The molecule has 2 N–H and O–H groups in total. The van der Waals surface area contributed by atoms with Gasteiger partial charge in [-0.05, 0) is 49.9 Å². The summed E-state index contributed by atoms with van der Waals surface area (Å²) in [6.07, 6.45) is 5.03. The molecule has 0 aromatic heterocycles. The predicted octanol–water partition coefficient (Wildman–Crippen LogP) is 3.06. The smallest absolute Gasteiger partial charge is 0.328 e. The monoisotopic (exact) mass is 261 g/mol. The van der Waals surface area contributed by atoms with Crippen molar-refractivity contribution in [3.63, 3.8) is 0 Å². The summed E-state index contributed by atoms with van der Waals surface area (Å²) >= 11 is 0. The third kappa shape index (κ3) is 4.02. The van der Waals surface area contributed by atoms with Crippen LogP contribution in [0.15, 0.2) is 35.9 Å². The molecule has 19 heavy (non-hydrogen) atoms. The number of hydrogen-bond donors (Lipinski definition) is 2. The number of hydrogen-bond acceptors (Lipinski definition) is 3. The second-order valence-corrected chi connectivity index (χ2v) is 4.79. The number of rotatable bonds is 4.